The van der Waals surface area contributed by atoms with Gasteiger partial charge >= 0.3 is 5.97 Å². The molecule has 0 radical (unpaired) electrons. The van der Waals surface area contributed by atoms with Crippen molar-refractivity contribution in [3.05, 3.63) is 23.8 Å². The molecule has 0 aromatic heterocycles. The van der Waals surface area contributed by atoms with Crippen molar-refractivity contribution in [3.8, 4) is 11.5 Å². The Labute approximate surface area is 132 Å². The van der Waals surface area contributed by atoms with E-state index in [1.807, 2.05) is 30.1 Å². The fraction of sp³-hybridized carbons (Fsp3) is 0.588. The summed E-state index contributed by atoms with van der Waals surface area (Å²) >= 11 is 0. The van der Waals surface area contributed by atoms with Gasteiger partial charge in [0.1, 0.15) is 0 Å². The Balaban J connectivity index is 2.65. The highest BCUT2D eigenvalue weighted by Gasteiger charge is 2.09. The van der Waals surface area contributed by atoms with Gasteiger partial charge in [-0.05, 0) is 37.1 Å². The lowest BCUT2D eigenvalue weighted by molar-refractivity contribution is -0.137. The van der Waals surface area contributed by atoms with Crippen LogP contribution in [0.2, 0.25) is 0 Å². The monoisotopic (exact) mass is 309 g/mol. The number of ether oxygens (including phenoxy) is 2. The van der Waals surface area contributed by atoms with Gasteiger partial charge in [0.2, 0.25) is 0 Å². The summed E-state index contributed by atoms with van der Waals surface area (Å²) in [6.45, 7) is 6.18. The molecule has 1 aromatic carbocycles. The Morgan fingerprint density at radius 1 is 1.32 bits per heavy atom. The van der Waals surface area contributed by atoms with Gasteiger partial charge in [0, 0.05) is 13.1 Å². The average molecular weight is 309 g/mol. The quantitative estimate of drug-likeness (QED) is 0.720. The van der Waals surface area contributed by atoms with Gasteiger partial charge in [-0.2, -0.15) is 0 Å². The predicted octanol–water partition coefficient (Wildman–Crippen LogP) is 3.03. The van der Waals surface area contributed by atoms with Gasteiger partial charge in [0.05, 0.1) is 20.1 Å². The van der Waals surface area contributed by atoms with Crippen molar-refractivity contribution in [1.82, 2.24) is 4.90 Å². The molecule has 1 rings (SSSR count). The van der Waals surface area contributed by atoms with Gasteiger partial charge < -0.3 is 19.5 Å². The number of nitrogens with zero attached hydrogens (tertiary/aromatic N) is 1. The van der Waals surface area contributed by atoms with Crippen LogP contribution in [0.1, 0.15) is 32.3 Å². The van der Waals surface area contributed by atoms with Crippen LogP contribution in [-0.4, -0.2) is 43.3 Å². The van der Waals surface area contributed by atoms with E-state index in [9.17, 15) is 4.79 Å². The van der Waals surface area contributed by atoms with Gasteiger partial charge in [-0.3, -0.25) is 4.79 Å². The fourth-order valence-electron chi connectivity index (χ4n) is 2.01. The van der Waals surface area contributed by atoms with Crippen molar-refractivity contribution in [2.45, 2.75) is 33.2 Å². The zero-order valence-electron chi connectivity index (χ0n) is 14.0. The Bertz CT molecular complexity index is 474. The van der Waals surface area contributed by atoms with E-state index in [0.717, 1.165) is 23.5 Å². The lowest BCUT2D eigenvalue weighted by Crippen LogP contribution is -2.21. The molecule has 1 aromatic rings. The van der Waals surface area contributed by atoms with Crippen LogP contribution in [0.5, 0.6) is 11.5 Å². The second-order valence-corrected chi connectivity index (χ2v) is 5.90. The SMILES string of the molecule is COc1ccc(CN(C)CCC(=O)O)cc1OCCC(C)C. The standard InChI is InChI=1S/C17H27NO4/c1-13(2)8-10-22-16-11-14(5-6-15(16)21-4)12-18(3)9-7-17(19)20/h5-6,11,13H,7-10,12H2,1-4H3,(H,19,20). The van der Waals surface area contributed by atoms with Crippen LogP contribution in [-0.2, 0) is 11.3 Å². The smallest absolute Gasteiger partial charge is 0.304 e. The third-order valence-electron chi connectivity index (χ3n) is 3.34. The summed E-state index contributed by atoms with van der Waals surface area (Å²) in [5.41, 5.74) is 1.08. The van der Waals surface area contributed by atoms with Crippen LogP contribution in [0.4, 0.5) is 0 Å². The summed E-state index contributed by atoms with van der Waals surface area (Å²) < 4.78 is 11.1. The van der Waals surface area contributed by atoms with Gasteiger partial charge in [-0.25, -0.2) is 0 Å². The maximum Gasteiger partial charge on any atom is 0.304 e. The number of carboxylic acid groups (broad SMARTS) is 1. The zero-order valence-corrected chi connectivity index (χ0v) is 14.0. The molecular weight excluding hydrogens is 282 g/mol. The molecule has 124 valence electrons. The first kappa shape index (κ1) is 18.3. The van der Waals surface area contributed by atoms with E-state index in [0.29, 0.717) is 25.6 Å². The molecule has 22 heavy (non-hydrogen) atoms. The molecule has 0 spiro atoms. The number of rotatable bonds is 10. The van der Waals surface area contributed by atoms with Crippen LogP contribution in [0.25, 0.3) is 0 Å². The molecule has 0 heterocycles. The maximum absolute atomic E-state index is 10.6. The summed E-state index contributed by atoms with van der Waals surface area (Å²) in [6, 6.07) is 5.84. The summed E-state index contributed by atoms with van der Waals surface area (Å²) in [6.07, 6.45) is 1.14. The van der Waals surface area contributed by atoms with Crippen molar-refractivity contribution >= 4 is 5.97 Å². The van der Waals surface area contributed by atoms with Crippen molar-refractivity contribution in [3.63, 3.8) is 0 Å². The number of hydrogen-bond donors (Lipinski definition) is 1. The van der Waals surface area contributed by atoms with Crippen molar-refractivity contribution < 1.29 is 19.4 Å². The van der Waals surface area contributed by atoms with E-state index in [4.69, 9.17) is 14.6 Å². The number of hydrogen-bond acceptors (Lipinski definition) is 4. The van der Waals surface area contributed by atoms with Crippen molar-refractivity contribution in [2.24, 2.45) is 5.92 Å². The predicted molar refractivity (Wildman–Crippen MR) is 86.5 cm³/mol. The van der Waals surface area contributed by atoms with E-state index in [1.54, 1.807) is 7.11 Å². The molecule has 0 unspecified atom stereocenters. The molecule has 5 heteroatoms. The normalized spacial score (nSPS) is 11.0. The molecule has 5 nitrogen and oxygen atoms in total. The van der Waals surface area contributed by atoms with E-state index in [-0.39, 0.29) is 6.42 Å². The largest absolute Gasteiger partial charge is 0.493 e. The molecule has 0 aliphatic carbocycles. The Morgan fingerprint density at radius 2 is 2.05 bits per heavy atom. The first-order valence-corrected chi connectivity index (χ1v) is 7.62. The third-order valence-corrected chi connectivity index (χ3v) is 3.34. The Kier molecular flexibility index (Phi) is 7.74. The van der Waals surface area contributed by atoms with E-state index < -0.39 is 5.97 Å². The molecule has 0 aliphatic rings. The van der Waals surface area contributed by atoms with Crippen LogP contribution in [0.15, 0.2) is 18.2 Å². The van der Waals surface area contributed by atoms with Gasteiger partial charge in [-0.1, -0.05) is 19.9 Å². The average Bonchev–Trinajstić information content (AvgIpc) is 2.45. The first-order chi connectivity index (χ1) is 10.4. The zero-order chi connectivity index (χ0) is 16.5. The molecule has 1 N–H and O–H groups in total. The van der Waals surface area contributed by atoms with Crippen LogP contribution >= 0.6 is 0 Å². The molecule has 0 saturated carbocycles. The van der Waals surface area contributed by atoms with Gasteiger partial charge in [-0.15, -0.1) is 0 Å². The molecule has 0 fully saturated rings. The topological polar surface area (TPSA) is 59.0 Å². The molecule has 0 aliphatic heterocycles. The second-order valence-electron chi connectivity index (χ2n) is 5.90. The summed E-state index contributed by atoms with van der Waals surface area (Å²) in [5, 5.41) is 8.72. The third kappa shape index (κ3) is 6.80. The highest BCUT2D eigenvalue weighted by Crippen LogP contribution is 2.28. The molecular formula is C17H27NO4. The second kappa shape index (κ2) is 9.30. The minimum Gasteiger partial charge on any atom is -0.493 e. The van der Waals surface area contributed by atoms with E-state index in [2.05, 4.69) is 13.8 Å². The Hall–Kier alpha value is -1.75. The number of carboxylic acids is 1. The summed E-state index contributed by atoms with van der Waals surface area (Å²) in [7, 11) is 3.54. The minimum absolute atomic E-state index is 0.143. The Morgan fingerprint density at radius 3 is 2.64 bits per heavy atom. The summed E-state index contributed by atoms with van der Waals surface area (Å²) in [5.74, 6) is 1.28. The van der Waals surface area contributed by atoms with E-state index in [1.165, 1.54) is 0 Å². The van der Waals surface area contributed by atoms with E-state index >= 15 is 0 Å². The maximum atomic E-state index is 10.6. The lowest BCUT2D eigenvalue weighted by atomic mass is 10.1. The van der Waals surface area contributed by atoms with Crippen molar-refractivity contribution in [1.29, 1.82) is 0 Å². The number of carbonyl (C=O) groups is 1. The lowest BCUT2D eigenvalue weighted by Gasteiger charge is -2.17. The molecule has 0 bridgehead atoms. The van der Waals surface area contributed by atoms with Gasteiger partial charge in [0.25, 0.3) is 0 Å². The van der Waals surface area contributed by atoms with Crippen LogP contribution < -0.4 is 9.47 Å². The molecule has 0 saturated heterocycles. The number of benzene rings is 1. The fourth-order valence-corrected chi connectivity index (χ4v) is 2.01. The highest BCUT2D eigenvalue weighted by atomic mass is 16.5. The first-order valence-electron chi connectivity index (χ1n) is 7.62. The summed E-state index contributed by atoms with van der Waals surface area (Å²) in [4.78, 5) is 12.6. The van der Waals surface area contributed by atoms with Gasteiger partial charge in [0.15, 0.2) is 11.5 Å². The van der Waals surface area contributed by atoms with Crippen LogP contribution in [0.3, 0.4) is 0 Å². The van der Waals surface area contributed by atoms with Crippen LogP contribution in [0, 0.1) is 5.92 Å². The number of methoxy groups -OCH3 is 1. The minimum atomic E-state index is -0.778. The number of aliphatic carboxylic acids is 1. The highest BCUT2D eigenvalue weighted by molar-refractivity contribution is 5.66. The molecule has 0 atom stereocenters. The van der Waals surface area contributed by atoms with Crippen molar-refractivity contribution in [2.75, 3.05) is 27.3 Å². The molecule has 0 amide bonds.